The van der Waals surface area contributed by atoms with E-state index in [2.05, 4.69) is 27.7 Å². The molecule has 0 aromatic rings. The van der Waals surface area contributed by atoms with Crippen LogP contribution in [-0.4, -0.2) is 30.4 Å². The van der Waals surface area contributed by atoms with E-state index < -0.39 is 0 Å². The van der Waals surface area contributed by atoms with E-state index in [-0.39, 0.29) is 17.2 Å². The molecule has 0 radical (unpaired) electrons. The van der Waals surface area contributed by atoms with E-state index in [1.807, 2.05) is 4.90 Å². The van der Waals surface area contributed by atoms with Crippen LogP contribution in [0.1, 0.15) is 53.4 Å². The Morgan fingerprint density at radius 2 is 2.00 bits per heavy atom. The molecule has 0 aliphatic carbocycles. The number of likely N-dealkylation sites (tertiary alicyclic amines) is 1. The van der Waals surface area contributed by atoms with Crippen LogP contribution in [0, 0.1) is 17.3 Å². The molecule has 1 heterocycles. The molecule has 3 heteroatoms. The van der Waals surface area contributed by atoms with E-state index in [0.29, 0.717) is 6.54 Å². The van der Waals surface area contributed by atoms with Crippen LogP contribution in [0.15, 0.2) is 0 Å². The van der Waals surface area contributed by atoms with Crippen molar-refractivity contribution < 1.29 is 4.79 Å². The summed E-state index contributed by atoms with van der Waals surface area (Å²) in [6.45, 7) is 11.1. The van der Waals surface area contributed by atoms with Gasteiger partial charge >= 0.3 is 0 Å². The van der Waals surface area contributed by atoms with E-state index in [1.54, 1.807) is 0 Å². The molecule has 2 N–H and O–H groups in total. The molecule has 0 saturated carbocycles. The summed E-state index contributed by atoms with van der Waals surface area (Å²) in [5.41, 5.74) is 5.97. The predicted octanol–water partition coefficient (Wildman–Crippen LogP) is 2.65. The monoisotopic (exact) mass is 254 g/mol. The fraction of sp³-hybridized carbons (Fsp3) is 0.933. The largest absolute Gasteiger partial charge is 0.342 e. The standard InChI is InChI=1S/C15H30N2O/c1-12-6-5-8-17(9-7-12)14(18)13(11-16)10-15(2,3)4/h12-13H,5-11,16H2,1-4H3. The van der Waals surface area contributed by atoms with Crippen LogP contribution in [0.5, 0.6) is 0 Å². The van der Waals surface area contributed by atoms with Crippen molar-refractivity contribution >= 4 is 5.91 Å². The third-order valence-electron chi connectivity index (χ3n) is 3.82. The molecule has 106 valence electrons. The molecular weight excluding hydrogens is 224 g/mol. The minimum Gasteiger partial charge on any atom is -0.342 e. The van der Waals surface area contributed by atoms with Gasteiger partial charge in [0.05, 0.1) is 5.92 Å². The Labute approximate surface area is 112 Å². The third kappa shape index (κ3) is 4.97. The minimum atomic E-state index is -0.00148. The highest BCUT2D eigenvalue weighted by molar-refractivity contribution is 5.79. The summed E-state index contributed by atoms with van der Waals surface area (Å²) in [4.78, 5) is 14.6. The van der Waals surface area contributed by atoms with E-state index >= 15 is 0 Å². The van der Waals surface area contributed by atoms with Gasteiger partial charge in [0.1, 0.15) is 0 Å². The van der Waals surface area contributed by atoms with Crippen molar-refractivity contribution in [2.24, 2.45) is 23.0 Å². The van der Waals surface area contributed by atoms with E-state index in [1.165, 1.54) is 6.42 Å². The summed E-state index contributed by atoms with van der Waals surface area (Å²) in [5, 5.41) is 0. The van der Waals surface area contributed by atoms with Crippen LogP contribution in [0.25, 0.3) is 0 Å². The van der Waals surface area contributed by atoms with E-state index in [9.17, 15) is 4.79 Å². The van der Waals surface area contributed by atoms with Crippen molar-refractivity contribution in [3.63, 3.8) is 0 Å². The first kappa shape index (κ1) is 15.5. The molecule has 1 fully saturated rings. The summed E-state index contributed by atoms with van der Waals surface area (Å²) in [6, 6.07) is 0. The van der Waals surface area contributed by atoms with Crippen molar-refractivity contribution in [3.05, 3.63) is 0 Å². The number of amides is 1. The number of rotatable bonds is 3. The maximum Gasteiger partial charge on any atom is 0.226 e. The smallest absolute Gasteiger partial charge is 0.226 e. The van der Waals surface area contributed by atoms with Gasteiger partial charge in [0.2, 0.25) is 5.91 Å². The second kappa shape index (κ2) is 6.55. The highest BCUT2D eigenvalue weighted by Gasteiger charge is 2.28. The van der Waals surface area contributed by atoms with Crippen molar-refractivity contribution in [3.8, 4) is 0 Å². The number of nitrogens with zero attached hydrogens (tertiary/aromatic N) is 1. The Hall–Kier alpha value is -0.570. The molecule has 2 unspecified atom stereocenters. The van der Waals surface area contributed by atoms with Gasteiger partial charge in [0.15, 0.2) is 0 Å². The van der Waals surface area contributed by atoms with Gasteiger partial charge in [0.25, 0.3) is 0 Å². The first-order valence-electron chi connectivity index (χ1n) is 7.32. The molecule has 2 atom stereocenters. The third-order valence-corrected chi connectivity index (χ3v) is 3.82. The van der Waals surface area contributed by atoms with Gasteiger partial charge in [-0.15, -0.1) is 0 Å². The zero-order chi connectivity index (χ0) is 13.8. The van der Waals surface area contributed by atoms with Gasteiger partial charge < -0.3 is 10.6 Å². The second-order valence-electron chi connectivity index (χ2n) is 7.06. The Bertz CT molecular complexity index is 270. The summed E-state index contributed by atoms with van der Waals surface area (Å²) in [7, 11) is 0. The summed E-state index contributed by atoms with van der Waals surface area (Å²) < 4.78 is 0. The molecule has 18 heavy (non-hydrogen) atoms. The molecule has 0 bridgehead atoms. The van der Waals surface area contributed by atoms with Crippen molar-refractivity contribution in [1.29, 1.82) is 0 Å². The van der Waals surface area contributed by atoms with Crippen molar-refractivity contribution in [2.75, 3.05) is 19.6 Å². The number of carbonyl (C=O) groups excluding carboxylic acids is 1. The lowest BCUT2D eigenvalue weighted by molar-refractivity contribution is -0.136. The maximum absolute atomic E-state index is 12.5. The highest BCUT2D eigenvalue weighted by atomic mass is 16.2. The average molecular weight is 254 g/mol. The summed E-state index contributed by atoms with van der Waals surface area (Å²) in [5.74, 6) is 1.03. The molecule has 1 rings (SSSR count). The second-order valence-corrected chi connectivity index (χ2v) is 7.06. The molecule has 1 aliphatic rings. The molecule has 1 aliphatic heterocycles. The molecule has 0 spiro atoms. The first-order valence-corrected chi connectivity index (χ1v) is 7.32. The summed E-state index contributed by atoms with van der Waals surface area (Å²) >= 11 is 0. The molecule has 0 aromatic heterocycles. The fourth-order valence-corrected chi connectivity index (χ4v) is 2.75. The first-order chi connectivity index (χ1) is 8.33. The highest BCUT2D eigenvalue weighted by Crippen LogP contribution is 2.26. The SMILES string of the molecule is CC1CCCN(C(=O)C(CN)CC(C)(C)C)CC1. The van der Waals surface area contributed by atoms with Crippen LogP contribution in [0.2, 0.25) is 0 Å². The fourth-order valence-electron chi connectivity index (χ4n) is 2.75. The van der Waals surface area contributed by atoms with Crippen molar-refractivity contribution in [2.45, 2.75) is 53.4 Å². The van der Waals surface area contributed by atoms with Gasteiger partial charge in [-0.25, -0.2) is 0 Å². The maximum atomic E-state index is 12.5. The van der Waals surface area contributed by atoms with E-state index in [0.717, 1.165) is 38.3 Å². The van der Waals surface area contributed by atoms with Crippen LogP contribution in [-0.2, 0) is 4.79 Å². The Morgan fingerprint density at radius 3 is 2.56 bits per heavy atom. The van der Waals surface area contributed by atoms with Crippen molar-refractivity contribution in [1.82, 2.24) is 4.90 Å². The molecule has 3 nitrogen and oxygen atoms in total. The molecule has 1 saturated heterocycles. The number of nitrogens with two attached hydrogens (primary N) is 1. The lowest BCUT2D eigenvalue weighted by Gasteiger charge is -2.29. The van der Waals surface area contributed by atoms with Crippen LogP contribution >= 0.6 is 0 Å². The lowest BCUT2D eigenvalue weighted by atomic mass is 9.84. The summed E-state index contributed by atoms with van der Waals surface area (Å²) in [6.07, 6.45) is 4.41. The molecule has 0 aromatic carbocycles. The minimum absolute atomic E-state index is 0.00148. The number of carbonyl (C=O) groups is 1. The topological polar surface area (TPSA) is 46.3 Å². The zero-order valence-electron chi connectivity index (χ0n) is 12.5. The number of hydrogen-bond acceptors (Lipinski definition) is 2. The van der Waals surface area contributed by atoms with Gasteiger partial charge in [-0.2, -0.15) is 0 Å². The quantitative estimate of drug-likeness (QED) is 0.841. The molecular formula is C15H30N2O. The van der Waals surface area contributed by atoms with Crippen LogP contribution in [0.3, 0.4) is 0 Å². The molecule has 1 amide bonds. The van der Waals surface area contributed by atoms with Gasteiger partial charge in [-0.3, -0.25) is 4.79 Å². The average Bonchev–Trinajstić information content (AvgIpc) is 2.49. The van der Waals surface area contributed by atoms with Gasteiger partial charge in [-0.1, -0.05) is 27.7 Å². The normalized spacial score (nSPS) is 23.6. The van der Waals surface area contributed by atoms with Crippen LogP contribution < -0.4 is 5.73 Å². The lowest BCUT2D eigenvalue weighted by Crippen LogP contribution is -2.41. The number of hydrogen-bond donors (Lipinski definition) is 1. The van der Waals surface area contributed by atoms with E-state index in [4.69, 9.17) is 5.73 Å². The van der Waals surface area contributed by atoms with Crippen LogP contribution in [0.4, 0.5) is 0 Å². The Kier molecular flexibility index (Phi) is 5.64. The Balaban J connectivity index is 2.60. The Morgan fingerprint density at radius 1 is 1.33 bits per heavy atom. The van der Waals surface area contributed by atoms with Gasteiger partial charge in [0, 0.05) is 19.6 Å². The predicted molar refractivity (Wildman–Crippen MR) is 76.2 cm³/mol. The van der Waals surface area contributed by atoms with Gasteiger partial charge in [-0.05, 0) is 37.0 Å². The zero-order valence-corrected chi connectivity index (χ0v) is 12.5.